The zero-order valence-electron chi connectivity index (χ0n) is 30.4. The second-order valence-electron chi connectivity index (χ2n) is 14.0. The third kappa shape index (κ3) is 5.08. The fourth-order valence-electron chi connectivity index (χ4n) is 8.08. The molecule has 4 heterocycles. The molecule has 54 heavy (non-hydrogen) atoms. The molecule has 0 unspecified atom stereocenters. The molecular formula is C50H36N4. The molecule has 0 N–H and O–H groups in total. The van der Waals surface area contributed by atoms with E-state index in [9.17, 15) is 0 Å². The van der Waals surface area contributed by atoms with Crippen molar-refractivity contribution >= 4 is 72.4 Å². The molecule has 0 atom stereocenters. The molecule has 0 saturated heterocycles. The first kappa shape index (κ1) is 31.7. The number of para-hydroxylation sites is 1. The van der Waals surface area contributed by atoms with E-state index in [2.05, 4.69) is 186 Å². The number of allylic oxidation sites excluding steroid dienone is 6. The zero-order chi connectivity index (χ0) is 36.3. The number of hydrogen-bond acceptors (Lipinski definition) is 2. The van der Waals surface area contributed by atoms with Gasteiger partial charge >= 0.3 is 0 Å². The number of fused-ring (bicyclic) bond motifs is 9. The maximum atomic E-state index is 5.13. The van der Waals surface area contributed by atoms with Crippen LogP contribution in [0, 0.1) is 6.92 Å². The van der Waals surface area contributed by atoms with Crippen molar-refractivity contribution < 1.29 is 0 Å². The van der Waals surface area contributed by atoms with Gasteiger partial charge in [-0.05, 0) is 111 Å². The third-order valence-electron chi connectivity index (χ3n) is 10.7. The second kappa shape index (κ2) is 12.6. The Bertz CT molecular complexity index is 3160. The Hall–Kier alpha value is -7.00. The summed E-state index contributed by atoms with van der Waals surface area (Å²) in [7, 11) is 0. The minimum atomic E-state index is 0.931. The van der Waals surface area contributed by atoms with Crippen LogP contribution in [-0.2, 0) is 0 Å². The average Bonchev–Trinajstić information content (AvgIpc) is 3.58. The molecule has 5 aromatic carbocycles. The summed E-state index contributed by atoms with van der Waals surface area (Å²) < 4.78 is 4.72. The van der Waals surface area contributed by atoms with E-state index in [1.807, 2.05) is 13.0 Å². The van der Waals surface area contributed by atoms with Crippen molar-refractivity contribution in [3.63, 3.8) is 0 Å². The van der Waals surface area contributed by atoms with Gasteiger partial charge in [0, 0.05) is 55.1 Å². The Balaban J connectivity index is 1.08. The molecule has 0 amide bonds. The van der Waals surface area contributed by atoms with E-state index in [1.54, 1.807) is 0 Å². The minimum Gasteiger partial charge on any atom is -0.313 e. The summed E-state index contributed by atoms with van der Waals surface area (Å²) in [5.41, 5.74) is 18.8. The van der Waals surface area contributed by atoms with Crippen LogP contribution >= 0.6 is 0 Å². The number of nitrogens with zero attached hydrogens (tertiary/aromatic N) is 4. The highest BCUT2D eigenvalue weighted by molar-refractivity contribution is 6.11. The van der Waals surface area contributed by atoms with Gasteiger partial charge in [0.2, 0.25) is 0 Å². The van der Waals surface area contributed by atoms with Crippen LogP contribution in [0.4, 0.5) is 0 Å². The van der Waals surface area contributed by atoms with Gasteiger partial charge < -0.3 is 9.13 Å². The molecule has 10 rings (SSSR count). The van der Waals surface area contributed by atoms with Gasteiger partial charge in [-0.1, -0.05) is 85.0 Å². The molecule has 0 radical (unpaired) electrons. The summed E-state index contributed by atoms with van der Waals surface area (Å²) in [4.78, 5) is 9.97. The number of benzene rings is 5. The fourth-order valence-corrected chi connectivity index (χ4v) is 8.08. The summed E-state index contributed by atoms with van der Waals surface area (Å²) in [6.07, 6.45) is 14.7. The Morgan fingerprint density at radius 3 is 2.17 bits per heavy atom. The highest BCUT2D eigenvalue weighted by atomic mass is 15.0. The van der Waals surface area contributed by atoms with Crippen LogP contribution in [-0.4, -0.2) is 19.1 Å². The number of pyridine rings is 2. The normalized spacial score (nSPS) is 13.0. The number of aromatic nitrogens is 4. The molecule has 9 aromatic rings. The number of rotatable bonds is 5. The van der Waals surface area contributed by atoms with Crippen molar-refractivity contribution in [2.45, 2.75) is 20.8 Å². The Labute approximate surface area is 313 Å². The first-order valence-electron chi connectivity index (χ1n) is 18.4. The lowest BCUT2D eigenvalue weighted by Gasteiger charge is -2.11. The van der Waals surface area contributed by atoms with Crippen LogP contribution in [0.3, 0.4) is 0 Å². The van der Waals surface area contributed by atoms with Gasteiger partial charge in [0.05, 0.1) is 39.0 Å². The molecule has 256 valence electrons. The van der Waals surface area contributed by atoms with Crippen LogP contribution in [0.1, 0.15) is 30.8 Å². The van der Waals surface area contributed by atoms with E-state index in [1.165, 1.54) is 44.0 Å². The van der Waals surface area contributed by atoms with E-state index in [4.69, 9.17) is 9.97 Å². The van der Waals surface area contributed by atoms with Crippen LogP contribution in [0.25, 0.3) is 100 Å². The molecular weight excluding hydrogens is 657 g/mol. The quantitative estimate of drug-likeness (QED) is 0.102. The second-order valence-corrected chi connectivity index (χ2v) is 14.0. The standard InChI is InChI=1S/C50H36N4/c1-4-5-11-33(3)53-45-15-10-9-13-40(45)42-30-37(23-28-47(42)53)38-24-29-48-43(31-38)41-12-7-6-8-14-46(41)54(48)39-25-20-34(21-26-39)44-27-22-36-19-18-35-17-16-32(2)51-49(35)50(36)52-44/h4-6,8-31H,1-3H3/b5-4-,33-11+. The average molecular weight is 693 g/mol. The van der Waals surface area contributed by atoms with Gasteiger partial charge in [-0.3, -0.25) is 4.98 Å². The highest BCUT2D eigenvalue weighted by Gasteiger charge is 2.18. The van der Waals surface area contributed by atoms with Crippen molar-refractivity contribution in [2.24, 2.45) is 0 Å². The van der Waals surface area contributed by atoms with Gasteiger partial charge in [0.15, 0.2) is 0 Å². The molecule has 0 bridgehead atoms. The first-order chi connectivity index (χ1) is 26.6. The van der Waals surface area contributed by atoms with E-state index in [0.29, 0.717) is 0 Å². The minimum absolute atomic E-state index is 0.931. The monoisotopic (exact) mass is 692 g/mol. The summed E-state index contributed by atoms with van der Waals surface area (Å²) in [6, 6.07) is 43.9. The Morgan fingerprint density at radius 2 is 1.35 bits per heavy atom. The summed E-state index contributed by atoms with van der Waals surface area (Å²) in [6.45, 7) is 6.25. The predicted molar refractivity (Wildman–Crippen MR) is 229 cm³/mol. The van der Waals surface area contributed by atoms with Gasteiger partial charge in [0.25, 0.3) is 0 Å². The summed E-state index contributed by atoms with van der Waals surface area (Å²) in [5.74, 6) is 0. The maximum absolute atomic E-state index is 5.13. The molecule has 1 aliphatic carbocycles. The zero-order valence-corrected chi connectivity index (χ0v) is 30.4. The van der Waals surface area contributed by atoms with Crippen molar-refractivity contribution in [1.29, 1.82) is 0 Å². The van der Waals surface area contributed by atoms with Crippen molar-refractivity contribution in [3.05, 3.63) is 174 Å². The van der Waals surface area contributed by atoms with Crippen LogP contribution in [0.5, 0.6) is 0 Å². The van der Waals surface area contributed by atoms with Gasteiger partial charge in [-0.2, -0.15) is 0 Å². The summed E-state index contributed by atoms with van der Waals surface area (Å²) in [5, 5.41) is 5.89. The topological polar surface area (TPSA) is 35.6 Å². The van der Waals surface area contributed by atoms with Gasteiger partial charge in [0.1, 0.15) is 0 Å². The number of hydrogen-bond donors (Lipinski definition) is 0. The van der Waals surface area contributed by atoms with Gasteiger partial charge in [-0.15, -0.1) is 5.73 Å². The Kier molecular flexibility index (Phi) is 7.40. The van der Waals surface area contributed by atoms with Crippen molar-refractivity contribution in [2.75, 3.05) is 0 Å². The molecule has 0 aliphatic heterocycles. The molecule has 1 aliphatic rings. The highest BCUT2D eigenvalue weighted by Crippen LogP contribution is 2.39. The third-order valence-corrected chi connectivity index (χ3v) is 10.7. The van der Waals surface area contributed by atoms with E-state index in [-0.39, 0.29) is 0 Å². The lowest BCUT2D eigenvalue weighted by Crippen LogP contribution is -1.97. The van der Waals surface area contributed by atoms with E-state index >= 15 is 0 Å². The lowest BCUT2D eigenvalue weighted by molar-refractivity contribution is 1.11. The van der Waals surface area contributed by atoms with Gasteiger partial charge in [-0.25, -0.2) is 4.98 Å². The van der Waals surface area contributed by atoms with Crippen LogP contribution < -0.4 is 0 Å². The molecule has 4 heteroatoms. The van der Waals surface area contributed by atoms with Crippen molar-refractivity contribution in [3.8, 4) is 28.1 Å². The molecule has 4 aromatic heterocycles. The SMILES string of the molecule is C/C=C\C=C(/C)n1c2ccccc2c2cc(-c3ccc4c(c3)c3c(n4-c4ccc(-c5ccc6ccc7ccc(C)nc7c6n5)cc4)C=CC=C=C3)ccc21. The molecule has 4 nitrogen and oxygen atoms in total. The smallest absolute Gasteiger partial charge is 0.0972 e. The molecule has 0 spiro atoms. The maximum Gasteiger partial charge on any atom is 0.0972 e. The Morgan fingerprint density at radius 1 is 0.667 bits per heavy atom. The number of aryl methyl sites for hydroxylation is 1. The molecule has 0 fully saturated rings. The van der Waals surface area contributed by atoms with E-state index < -0.39 is 0 Å². The molecule has 0 saturated carbocycles. The summed E-state index contributed by atoms with van der Waals surface area (Å²) >= 11 is 0. The largest absolute Gasteiger partial charge is 0.313 e. The van der Waals surface area contributed by atoms with Crippen LogP contribution in [0.2, 0.25) is 0 Å². The van der Waals surface area contributed by atoms with E-state index in [0.717, 1.165) is 61.2 Å². The first-order valence-corrected chi connectivity index (χ1v) is 18.4. The fraction of sp³-hybridized carbons (Fsp3) is 0.0600. The van der Waals surface area contributed by atoms with Crippen molar-refractivity contribution in [1.82, 2.24) is 19.1 Å². The predicted octanol–water partition coefficient (Wildman–Crippen LogP) is 13.1. The lowest BCUT2D eigenvalue weighted by atomic mass is 10.00. The van der Waals surface area contributed by atoms with Crippen LogP contribution in [0.15, 0.2) is 157 Å².